The zero-order valence-electron chi connectivity index (χ0n) is 12.8. The Hall–Kier alpha value is -1.84. The predicted molar refractivity (Wildman–Crippen MR) is 86.2 cm³/mol. The predicted octanol–water partition coefficient (Wildman–Crippen LogP) is 3.77. The molecule has 0 bridgehead atoms. The van der Waals surface area contributed by atoms with Gasteiger partial charge < -0.3 is 10.6 Å². The summed E-state index contributed by atoms with van der Waals surface area (Å²) < 4.78 is 0. The topological polar surface area (TPSA) is 49.8 Å². The van der Waals surface area contributed by atoms with Crippen LogP contribution in [-0.4, -0.2) is 23.1 Å². The molecular weight excluding hydrogens is 248 g/mol. The standard InChI is InChI=1S/C16H24N4/c1-5-17-16-19-14-9-7-6-8-13(14)15(20-16)18-10-12(4)11(2)3/h6-9,11-12H,5,10H2,1-4H3,(H2,17,18,19,20). The van der Waals surface area contributed by atoms with Crippen molar-refractivity contribution in [2.24, 2.45) is 11.8 Å². The average molecular weight is 272 g/mol. The molecule has 0 aliphatic carbocycles. The summed E-state index contributed by atoms with van der Waals surface area (Å²) in [6.07, 6.45) is 0. The molecule has 4 heteroatoms. The maximum absolute atomic E-state index is 4.59. The number of para-hydroxylation sites is 1. The molecule has 1 heterocycles. The van der Waals surface area contributed by atoms with Gasteiger partial charge in [-0.1, -0.05) is 32.9 Å². The van der Waals surface area contributed by atoms with E-state index in [9.17, 15) is 0 Å². The van der Waals surface area contributed by atoms with Crippen LogP contribution in [-0.2, 0) is 0 Å². The number of hydrogen-bond acceptors (Lipinski definition) is 4. The van der Waals surface area contributed by atoms with Crippen LogP contribution in [0, 0.1) is 11.8 Å². The van der Waals surface area contributed by atoms with Gasteiger partial charge in [-0.05, 0) is 30.9 Å². The smallest absolute Gasteiger partial charge is 0.225 e. The van der Waals surface area contributed by atoms with E-state index in [0.717, 1.165) is 29.8 Å². The lowest BCUT2D eigenvalue weighted by Crippen LogP contribution is -2.17. The molecule has 0 aliphatic heterocycles. The van der Waals surface area contributed by atoms with Crippen molar-refractivity contribution in [3.8, 4) is 0 Å². The van der Waals surface area contributed by atoms with Crippen LogP contribution in [0.25, 0.3) is 10.9 Å². The van der Waals surface area contributed by atoms with Gasteiger partial charge in [-0.3, -0.25) is 0 Å². The van der Waals surface area contributed by atoms with Crippen molar-refractivity contribution in [3.63, 3.8) is 0 Å². The van der Waals surface area contributed by atoms with Gasteiger partial charge in [-0.15, -0.1) is 0 Å². The molecule has 0 spiro atoms. The van der Waals surface area contributed by atoms with Crippen LogP contribution in [0.5, 0.6) is 0 Å². The van der Waals surface area contributed by atoms with Crippen molar-refractivity contribution >= 4 is 22.7 Å². The number of rotatable bonds is 6. The Kier molecular flexibility index (Phi) is 4.77. The molecular formula is C16H24N4. The molecule has 0 radical (unpaired) electrons. The lowest BCUT2D eigenvalue weighted by atomic mass is 9.98. The Labute approximate surface area is 121 Å². The molecule has 1 atom stereocenters. The molecule has 2 N–H and O–H groups in total. The quantitative estimate of drug-likeness (QED) is 0.840. The molecule has 1 aromatic carbocycles. The van der Waals surface area contributed by atoms with Crippen LogP contribution in [0.1, 0.15) is 27.7 Å². The van der Waals surface area contributed by atoms with Crippen LogP contribution in [0.4, 0.5) is 11.8 Å². The number of fused-ring (bicyclic) bond motifs is 1. The minimum absolute atomic E-state index is 0.603. The Morgan fingerprint density at radius 2 is 1.80 bits per heavy atom. The number of hydrogen-bond donors (Lipinski definition) is 2. The molecule has 0 aliphatic rings. The second-order valence-electron chi connectivity index (χ2n) is 5.55. The third kappa shape index (κ3) is 3.38. The van der Waals surface area contributed by atoms with Crippen LogP contribution >= 0.6 is 0 Å². The largest absolute Gasteiger partial charge is 0.369 e. The first-order valence-electron chi connectivity index (χ1n) is 7.36. The molecule has 108 valence electrons. The molecule has 0 amide bonds. The summed E-state index contributed by atoms with van der Waals surface area (Å²) >= 11 is 0. The molecule has 0 saturated heterocycles. The molecule has 2 aromatic rings. The van der Waals surface area contributed by atoms with Gasteiger partial charge in [0.2, 0.25) is 5.95 Å². The maximum atomic E-state index is 4.59. The van der Waals surface area contributed by atoms with Gasteiger partial charge in [-0.25, -0.2) is 4.98 Å². The first kappa shape index (κ1) is 14.6. The number of anilines is 2. The van der Waals surface area contributed by atoms with Crippen LogP contribution in [0.15, 0.2) is 24.3 Å². The van der Waals surface area contributed by atoms with E-state index in [2.05, 4.69) is 47.4 Å². The fraction of sp³-hybridized carbons (Fsp3) is 0.500. The second-order valence-corrected chi connectivity index (χ2v) is 5.55. The van der Waals surface area contributed by atoms with Crippen molar-refractivity contribution in [2.45, 2.75) is 27.7 Å². The van der Waals surface area contributed by atoms with E-state index in [-0.39, 0.29) is 0 Å². The minimum Gasteiger partial charge on any atom is -0.369 e. The van der Waals surface area contributed by atoms with E-state index < -0.39 is 0 Å². The normalized spacial score (nSPS) is 12.7. The van der Waals surface area contributed by atoms with Gasteiger partial charge in [0.1, 0.15) is 5.82 Å². The Morgan fingerprint density at radius 3 is 2.50 bits per heavy atom. The van der Waals surface area contributed by atoms with E-state index in [0.29, 0.717) is 17.8 Å². The van der Waals surface area contributed by atoms with Crippen molar-refractivity contribution in [2.75, 3.05) is 23.7 Å². The molecule has 2 rings (SSSR count). The molecule has 1 aromatic heterocycles. The second kappa shape index (κ2) is 6.55. The summed E-state index contributed by atoms with van der Waals surface area (Å²) in [7, 11) is 0. The summed E-state index contributed by atoms with van der Waals surface area (Å²) in [6, 6.07) is 8.11. The number of aromatic nitrogens is 2. The summed E-state index contributed by atoms with van der Waals surface area (Å²) in [5.74, 6) is 2.86. The van der Waals surface area contributed by atoms with Gasteiger partial charge in [0.05, 0.1) is 5.52 Å². The first-order chi connectivity index (χ1) is 9.61. The lowest BCUT2D eigenvalue weighted by molar-refractivity contribution is 0.439. The monoisotopic (exact) mass is 272 g/mol. The van der Waals surface area contributed by atoms with Crippen LogP contribution in [0.3, 0.4) is 0 Å². The summed E-state index contributed by atoms with van der Waals surface area (Å²) in [4.78, 5) is 9.11. The van der Waals surface area contributed by atoms with Crippen LogP contribution in [0.2, 0.25) is 0 Å². The minimum atomic E-state index is 0.603. The number of nitrogens with zero attached hydrogens (tertiary/aromatic N) is 2. The van der Waals surface area contributed by atoms with E-state index in [1.54, 1.807) is 0 Å². The van der Waals surface area contributed by atoms with Gasteiger partial charge in [-0.2, -0.15) is 4.98 Å². The summed E-state index contributed by atoms with van der Waals surface area (Å²) in [5, 5.41) is 7.74. The maximum Gasteiger partial charge on any atom is 0.225 e. The van der Waals surface area contributed by atoms with Crippen molar-refractivity contribution in [3.05, 3.63) is 24.3 Å². The average Bonchev–Trinajstić information content (AvgIpc) is 2.44. The van der Waals surface area contributed by atoms with Crippen molar-refractivity contribution < 1.29 is 0 Å². The number of benzene rings is 1. The number of nitrogens with one attached hydrogen (secondary N) is 2. The van der Waals surface area contributed by atoms with E-state index in [4.69, 9.17) is 0 Å². The van der Waals surface area contributed by atoms with E-state index >= 15 is 0 Å². The fourth-order valence-electron chi connectivity index (χ4n) is 1.94. The third-order valence-corrected chi connectivity index (χ3v) is 3.67. The van der Waals surface area contributed by atoms with Crippen molar-refractivity contribution in [1.82, 2.24) is 9.97 Å². The molecule has 0 saturated carbocycles. The van der Waals surface area contributed by atoms with Crippen LogP contribution < -0.4 is 10.6 Å². The van der Waals surface area contributed by atoms with Gasteiger partial charge in [0.15, 0.2) is 0 Å². The van der Waals surface area contributed by atoms with E-state index in [1.165, 1.54) is 0 Å². The molecule has 20 heavy (non-hydrogen) atoms. The SMILES string of the molecule is CCNc1nc(NCC(C)C(C)C)c2ccccc2n1. The zero-order valence-corrected chi connectivity index (χ0v) is 12.8. The van der Waals surface area contributed by atoms with Gasteiger partial charge in [0, 0.05) is 18.5 Å². The highest BCUT2D eigenvalue weighted by Crippen LogP contribution is 2.22. The highest BCUT2D eigenvalue weighted by atomic mass is 15.1. The Balaban J connectivity index is 2.29. The summed E-state index contributed by atoms with van der Waals surface area (Å²) in [5.41, 5.74) is 0.971. The molecule has 1 unspecified atom stereocenters. The highest BCUT2D eigenvalue weighted by Gasteiger charge is 2.10. The molecule has 0 fully saturated rings. The molecule has 4 nitrogen and oxygen atoms in total. The third-order valence-electron chi connectivity index (χ3n) is 3.67. The lowest BCUT2D eigenvalue weighted by Gasteiger charge is -2.17. The van der Waals surface area contributed by atoms with E-state index in [1.807, 2.05) is 25.1 Å². The Morgan fingerprint density at radius 1 is 1.05 bits per heavy atom. The Bertz CT molecular complexity index is 565. The van der Waals surface area contributed by atoms with Gasteiger partial charge in [0.25, 0.3) is 0 Å². The zero-order chi connectivity index (χ0) is 14.5. The fourth-order valence-corrected chi connectivity index (χ4v) is 1.94. The first-order valence-corrected chi connectivity index (χ1v) is 7.36. The highest BCUT2D eigenvalue weighted by molar-refractivity contribution is 5.89. The summed E-state index contributed by atoms with van der Waals surface area (Å²) in [6.45, 7) is 10.5. The van der Waals surface area contributed by atoms with Crippen molar-refractivity contribution in [1.29, 1.82) is 0 Å². The van der Waals surface area contributed by atoms with Gasteiger partial charge >= 0.3 is 0 Å².